The number of urea groups is 1. The summed E-state index contributed by atoms with van der Waals surface area (Å²) < 4.78 is 10.6. The lowest BCUT2D eigenvalue weighted by Gasteiger charge is -2.23. The van der Waals surface area contributed by atoms with E-state index in [0.717, 1.165) is 12.8 Å². The average Bonchev–Trinajstić information content (AvgIpc) is 3.50. The van der Waals surface area contributed by atoms with Gasteiger partial charge in [-0.05, 0) is 49.2 Å². The molecule has 1 aliphatic rings. The molecule has 2 N–H and O–H groups in total. The van der Waals surface area contributed by atoms with Crippen molar-refractivity contribution in [2.75, 3.05) is 31.4 Å². The van der Waals surface area contributed by atoms with Crippen LogP contribution < -0.4 is 20.1 Å². The molecule has 3 aromatic rings. The molecule has 1 fully saturated rings. The Bertz CT molecular complexity index is 1150. The van der Waals surface area contributed by atoms with Gasteiger partial charge in [0.15, 0.2) is 0 Å². The van der Waals surface area contributed by atoms with Gasteiger partial charge in [-0.3, -0.25) is 4.79 Å². The summed E-state index contributed by atoms with van der Waals surface area (Å²) in [5, 5.41) is 15.3. The van der Waals surface area contributed by atoms with Crippen LogP contribution in [0, 0.1) is 0 Å². The van der Waals surface area contributed by atoms with Gasteiger partial charge in [-0.15, -0.1) is 10.2 Å². The summed E-state index contributed by atoms with van der Waals surface area (Å²) in [7, 11) is 3.09. The van der Waals surface area contributed by atoms with E-state index < -0.39 is 0 Å². The number of carbonyl (C=O) groups is 2. The van der Waals surface area contributed by atoms with Crippen molar-refractivity contribution in [2.45, 2.75) is 18.9 Å². The number of aromatic nitrogens is 2. The highest BCUT2D eigenvalue weighted by atomic mass is 35.5. The van der Waals surface area contributed by atoms with Crippen LogP contribution in [0.15, 0.2) is 42.5 Å². The molecular weight excluding hydrogens is 466 g/mol. The topological polar surface area (TPSA) is 106 Å². The Kier molecular flexibility index (Phi) is 6.95. The summed E-state index contributed by atoms with van der Waals surface area (Å²) in [6.45, 7) is 0.570. The molecule has 172 valence electrons. The molecule has 4 rings (SSSR count). The minimum atomic E-state index is -0.363. The van der Waals surface area contributed by atoms with E-state index in [9.17, 15) is 9.59 Å². The summed E-state index contributed by atoms with van der Waals surface area (Å²) in [6, 6.07) is 11.4. The zero-order valence-corrected chi connectivity index (χ0v) is 19.6. The van der Waals surface area contributed by atoms with Gasteiger partial charge >= 0.3 is 6.03 Å². The maximum Gasteiger partial charge on any atom is 0.322 e. The van der Waals surface area contributed by atoms with Gasteiger partial charge in [0, 0.05) is 23.3 Å². The van der Waals surface area contributed by atoms with Gasteiger partial charge in [-0.25, -0.2) is 4.79 Å². The fourth-order valence-corrected chi connectivity index (χ4v) is 4.55. The van der Waals surface area contributed by atoms with Crippen molar-refractivity contribution in [3.05, 3.63) is 57.5 Å². The maximum absolute atomic E-state index is 13.0. The van der Waals surface area contributed by atoms with E-state index in [2.05, 4.69) is 20.8 Å². The number of methoxy groups -OCH3 is 2. The first kappa shape index (κ1) is 22.8. The van der Waals surface area contributed by atoms with Crippen molar-refractivity contribution in [1.82, 2.24) is 15.1 Å². The molecule has 0 radical (unpaired) electrons. The Morgan fingerprint density at radius 1 is 1.09 bits per heavy atom. The molecule has 0 bridgehead atoms. The molecule has 1 atom stereocenters. The highest BCUT2D eigenvalue weighted by molar-refractivity contribution is 7.13. The van der Waals surface area contributed by atoms with Crippen LogP contribution >= 0.6 is 22.9 Å². The molecule has 1 aliphatic heterocycles. The van der Waals surface area contributed by atoms with Crippen LogP contribution in [0.3, 0.4) is 0 Å². The smallest absolute Gasteiger partial charge is 0.322 e. The lowest BCUT2D eigenvalue weighted by atomic mass is 10.2. The molecule has 11 heteroatoms. The lowest BCUT2D eigenvalue weighted by Crippen LogP contribution is -2.34. The molecule has 1 aromatic heterocycles. The summed E-state index contributed by atoms with van der Waals surface area (Å²) >= 11 is 7.06. The second-order valence-electron chi connectivity index (χ2n) is 7.25. The number of likely N-dealkylation sites (tertiary alicyclic amines) is 1. The lowest BCUT2D eigenvalue weighted by molar-refractivity contribution is 0.102. The summed E-state index contributed by atoms with van der Waals surface area (Å²) in [6.07, 6.45) is 1.56. The Morgan fingerprint density at radius 2 is 1.88 bits per heavy atom. The third-order valence-corrected chi connectivity index (χ3v) is 6.46. The van der Waals surface area contributed by atoms with Gasteiger partial charge in [0.1, 0.15) is 16.5 Å². The van der Waals surface area contributed by atoms with Crippen molar-refractivity contribution < 1.29 is 19.1 Å². The number of carbonyl (C=O) groups excluding carboxylic acids is 2. The molecule has 2 aromatic carbocycles. The van der Waals surface area contributed by atoms with Gasteiger partial charge < -0.3 is 25.0 Å². The van der Waals surface area contributed by atoms with E-state index >= 15 is 0 Å². The standard InChI is InChI=1S/C22H22ClN5O4S/c1-31-15-9-10-16(18(12-15)32-2)25-22(30)28-11-3-4-17(28)20-26-27-21(33-20)19(29)24-14-7-5-13(23)6-8-14/h5-10,12,17H,3-4,11H2,1-2H3,(H,24,29)(H,25,30)/t17-/m0/s1. The zero-order chi connectivity index (χ0) is 23.4. The van der Waals surface area contributed by atoms with Crippen LogP contribution in [0.4, 0.5) is 16.2 Å². The van der Waals surface area contributed by atoms with E-state index in [-0.39, 0.29) is 23.0 Å². The Hall–Kier alpha value is -3.37. The van der Waals surface area contributed by atoms with Crippen LogP contribution in [-0.2, 0) is 0 Å². The van der Waals surface area contributed by atoms with Crippen LogP contribution in [0.5, 0.6) is 11.5 Å². The minimum absolute atomic E-state index is 0.226. The predicted octanol–water partition coefficient (Wildman–Crippen LogP) is 4.83. The van der Waals surface area contributed by atoms with Crippen molar-refractivity contribution >= 4 is 46.3 Å². The maximum atomic E-state index is 13.0. The Labute approximate surface area is 199 Å². The number of hydrogen-bond donors (Lipinski definition) is 2. The summed E-state index contributed by atoms with van der Waals surface area (Å²) in [5.74, 6) is 0.760. The van der Waals surface area contributed by atoms with Crippen molar-refractivity contribution in [2.24, 2.45) is 0 Å². The molecule has 9 nitrogen and oxygen atoms in total. The second-order valence-corrected chi connectivity index (χ2v) is 8.70. The van der Waals surface area contributed by atoms with Crippen LogP contribution in [-0.4, -0.2) is 47.8 Å². The first-order valence-electron chi connectivity index (χ1n) is 10.2. The number of benzene rings is 2. The number of ether oxygens (including phenoxy) is 2. The number of hydrogen-bond acceptors (Lipinski definition) is 7. The van der Waals surface area contributed by atoms with Crippen LogP contribution in [0.1, 0.15) is 33.7 Å². The quantitative estimate of drug-likeness (QED) is 0.516. The van der Waals surface area contributed by atoms with E-state index in [1.807, 2.05) is 0 Å². The largest absolute Gasteiger partial charge is 0.497 e. The Balaban J connectivity index is 1.45. The second kappa shape index (κ2) is 10.1. The van der Waals surface area contributed by atoms with E-state index in [1.165, 1.54) is 18.4 Å². The average molecular weight is 488 g/mol. The minimum Gasteiger partial charge on any atom is -0.497 e. The van der Waals surface area contributed by atoms with Gasteiger partial charge in [0.25, 0.3) is 5.91 Å². The highest BCUT2D eigenvalue weighted by Gasteiger charge is 2.33. The molecule has 2 heterocycles. The van der Waals surface area contributed by atoms with Crippen molar-refractivity contribution in [3.63, 3.8) is 0 Å². The van der Waals surface area contributed by atoms with Crippen molar-refractivity contribution in [1.29, 1.82) is 0 Å². The van der Waals surface area contributed by atoms with Gasteiger partial charge in [0.05, 0.1) is 25.9 Å². The molecule has 33 heavy (non-hydrogen) atoms. The first-order valence-corrected chi connectivity index (χ1v) is 11.4. The SMILES string of the molecule is COc1ccc(NC(=O)N2CCC[C@H]2c2nnc(C(=O)Nc3ccc(Cl)cc3)s2)c(OC)c1. The van der Waals surface area contributed by atoms with E-state index in [1.54, 1.807) is 54.5 Å². The number of halogens is 1. The Morgan fingerprint density at radius 3 is 2.61 bits per heavy atom. The molecule has 0 saturated carbocycles. The first-order chi connectivity index (χ1) is 16.0. The van der Waals surface area contributed by atoms with Gasteiger partial charge in [0.2, 0.25) is 5.01 Å². The van der Waals surface area contributed by atoms with Gasteiger partial charge in [-0.1, -0.05) is 22.9 Å². The zero-order valence-electron chi connectivity index (χ0n) is 18.0. The van der Waals surface area contributed by atoms with Crippen molar-refractivity contribution in [3.8, 4) is 11.5 Å². The molecule has 0 aliphatic carbocycles. The highest BCUT2D eigenvalue weighted by Crippen LogP contribution is 2.35. The third kappa shape index (κ3) is 5.18. The molecule has 1 saturated heterocycles. The number of anilines is 2. The fraction of sp³-hybridized carbons (Fsp3) is 0.273. The number of nitrogens with one attached hydrogen (secondary N) is 2. The van der Waals surface area contributed by atoms with E-state index in [0.29, 0.717) is 39.4 Å². The fourth-order valence-electron chi connectivity index (χ4n) is 3.53. The van der Waals surface area contributed by atoms with E-state index in [4.69, 9.17) is 21.1 Å². The third-order valence-electron chi connectivity index (χ3n) is 5.19. The van der Waals surface area contributed by atoms with Gasteiger partial charge in [-0.2, -0.15) is 0 Å². The predicted molar refractivity (Wildman–Crippen MR) is 127 cm³/mol. The number of rotatable bonds is 6. The molecule has 0 spiro atoms. The summed E-state index contributed by atoms with van der Waals surface area (Å²) in [5.41, 5.74) is 1.14. The van der Waals surface area contributed by atoms with Crippen LogP contribution in [0.25, 0.3) is 0 Å². The molecular formula is C22H22ClN5O4S. The van der Waals surface area contributed by atoms with Crippen LogP contribution in [0.2, 0.25) is 5.02 Å². The normalized spacial score (nSPS) is 15.2. The number of amides is 3. The molecule has 3 amide bonds. The monoisotopic (exact) mass is 487 g/mol. The number of nitrogens with zero attached hydrogens (tertiary/aromatic N) is 3. The summed E-state index contributed by atoms with van der Waals surface area (Å²) in [4.78, 5) is 27.3. The molecule has 0 unspecified atom stereocenters.